The fourth-order valence-corrected chi connectivity index (χ4v) is 3.71. The first-order chi connectivity index (χ1) is 14.0. The van der Waals surface area contributed by atoms with Crippen LogP contribution in [0.25, 0.3) is 11.0 Å². The van der Waals surface area contributed by atoms with Gasteiger partial charge in [0.2, 0.25) is 5.62 Å². The summed E-state index contributed by atoms with van der Waals surface area (Å²) in [6.45, 7) is 3.67. The molecule has 1 N–H and O–H groups in total. The summed E-state index contributed by atoms with van der Waals surface area (Å²) < 4.78 is 9.83. The van der Waals surface area contributed by atoms with Gasteiger partial charge in [-0.1, -0.05) is 59.1 Å². The number of imidazole rings is 1. The van der Waals surface area contributed by atoms with Crippen LogP contribution in [-0.2, 0) is 13.1 Å². The summed E-state index contributed by atoms with van der Waals surface area (Å²) in [5, 5.41) is 9.79. The van der Waals surface area contributed by atoms with Gasteiger partial charge in [0.25, 0.3) is 0 Å². The van der Waals surface area contributed by atoms with Crippen molar-refractivity contribution in [1.82, 2.24) is 9.13 Å². The number of para-hydroxylation sites is 2. The van der Waals surface area contributed by atoms with Crippen molar-refractivity contribution in [2.75, 3.05) is 6.61 Å². The summed E-state index contributed by atoms with van der Waals surface area (Å²) >= 11 is 12.2. The number of nitrogens with one attached hydrogen (secondary N) is 1. The number of nitrogens with zero attached hydrogens (tertiary/aromatic N) is 2. The predicted octanol–water partition coefficient (Wildman–Crippen LogP) is 5.66. The van der Waals surface area contributed by atoms with Crippen molar-refractivity contribution in [2.45, 2.75) is 20.0 Å². The van der Waals surface area contributed by atoms with Gasteiger partial charge in [-0.15, -0.1) is 0 Å². The van der Waals surface area contributed by atoms with Crippen molar-refractivity contribution >= 4 is 34.2 Å². The molecule has 0 spiro atoms. The number of benzene rings is 3. The molecule has 0 amide bonds. The molecule has 0 aliphatic carbocycles. The van der Waals surface area contributed by atoms with E-state index in [1.807, 2.05) is 69.8 Å². The molecule has 1 aromatic heterocycles. The second kappa shape index (κ2) is 8.36. The Balaban J connectivity index is 1.61. The van der Waals surface area contributed by atoms with Gasteiger partial charge in [0.15, 0.2) is 0 Å². The zero-order valence-electron chi connectivity index (χ0n) is 16.0. The van der Waals surface area contributed by atoms with Crippen LogP contribution in [0.2, 0.25) is 10.0 Å². The van der Waals surface area contributed by atoms with Crippen LogP contribution in [0.1, 0.15) is 11.1 Å². The van der Waals surface area contributed by atoms with Crippen LogP contribution in [-0.4, -0.2) is 15.7 Å². The van der Waals surface area contributed by atoms with Crippen LogP contribution in [0.5, 0.6) is 5.75 Å². The number of hydrogen-bond acceptors (Lipinski definition) is 2. The molecule has 0 saturated heterocycles. The summed E-state index contributed by atoms with van der Waals surface area (Å²) in [7, 11) is 0. The first kappa shape index (κ1) is 19.6. The fraction of sp³-hybridized carbons (Fsp3) is 0.174. The maximum Gasteiger partial charge on any atom is 0.203 e. The molecular formula is C23H21Cl2N3O. The third kappa shape index (κ3) is 4.19. The van der Waals surface area contributed by atoms with E-state index in [0.29, 0.717) is 35.4 Å². The van der Waals surface area contributed by atoms with Gasteiger partial charge in [-0.2, -0.15) is 0 Å². The molecule has 0 saturated carbocycles. The standard InChI is InChI=1S/C23H21Cl2N3O/c1-16-6-9-18(10-7-16)29-13-12-27-21-4-2-3-5-22(21)28(23(27)26)15-17-8-11-19(24)20(25)14-17/h2-11,14,26H,12-13,15H2,1H3. The van der Waals surface area contributed by atoms with Gasteiger partial charge in [-0.25, -0.2) is 0 Å². The molecule has 148 valence electrons. The van der Waals surface area contributed by atoms with Crippen molar-refractivity contribution in [3.8, 4) is 5.75 Å². The number of aromatic nitrogens is 2. The molecule has 0 bridgehead atoms. The third-order valence-electron chi connectivity index (χ3n) is 4.90. The molecule has 0 radical (unpaired) electrons. The molecule has 0 fully saturated rings. The Morgan fingerprint density at radius 2 is 1.55 bits per heavy atom. The van der Waals surface area contributed by atoms with Crippen LogP contribution in [0.4, 0.5) is 0 Å². The van der Waals surface area contributed by atoms with Crippen LogP contribution in [0, 0.1) is 12.3 Å². The lowest BCUT2D eigenvalue weighted by Gasteiger charge is -2.08. The molecule has 3 aromatic carbocycles. The molecule has 0 atom stereocenters. The van der Waals surface area contributed by atoms with Crippen LogP contribution < -0.4 is 10.4 Å². The first-order valence-electron chi connectivity index (χ1n) is 9.39. The van der Waals surface area contributed by atoms with E-state index in [2.05, 4.69) is 6.92 Å². The Morgan fingerprint density at radius 3 is 2.24 bits per heavy atom. The average molecular weight is 426 g/mol. The smallest absolute Gasteiger partial charge is 0.203 e. The fourth-order valence-electron chi connectivity index (χ4n) is 3.39. The van der Waals surface area contributed by atoms with Gasteiger partial charge in [0.05, 0.1) is 34.2 Å². The zero-order valence-corrected chi connectivity index (χ0v) is 17.5. The topological polar surface area (TPSA) is 42.9 Å². The van der Waals surface area contributed by atoms with Gasteiger partial charge >= 0.3 is 0 Å². The van der Waals surface area contributed by atoms with Gasteiger partial charge in [-0.05, 0) is 48.9 Å². The summed E-state index contributed by atoms with van der Waals surface area (Å²) in [5.41, 5.74) is 4.62. The molecule has 0 unspecified atom stereocenters. The van der Waals surface area contributed by atoms with Crippen molar-refractivity contribution in [3.05, 3.63) is 93.5 Å². The minimum Gasteiger partial charge on any atom is -0.492 e. The largest absolute Gasteiger partial charge is 0.492 e. The minimum atomic E-state index is 0.421. The Hall–Kier alpha value is -2.69. The molecule has 29 heavy (non-hydrogen) atoms. The number of ether oxygens (including phenoxy) is 1. The van der Waals surface area contributed by atoms with Gasteiger partial charge in [0.1, 0.15) is 12.4 Å². The van der Waals surface area contributed by atoms with E-state index in [-0.39, 0.29) is 0 Å². The predicted molar refractivity (Wildman–Crippen MR) is 118 cm³/mol. The van der Waals surface area contributed by atoms with E-state index in [4.69, 9.17) is 33.3 Å². The Labute approximate surface area is 179 Å². The van der Waals surface area contributed by atoms with Gasteiger partial charge in [0, 0.05) is 0 Å². The van der Waals surface area contributed by atoms with Crippen molar-refractivity contribution < 1.29 is 4.74 Å². The third-order valence-corrected chi connectivity index (χ3v) is 5.64. The van der Waals surface area contributed by atoms with Crippen molar-refractivity contribution in [1.29, 1.82) is 5.41 Å². The lowest BCUT2D eigenvalue weighted by Crippen LogP contribution is -2.27. The highest BCUT2D eigenvalue weighted by Gasteiger charge is 2.11. The molecular weight excluding hydrogens is 405 g/mol. The minimum absolute atomic E-state index is 0.421. The summed E-state index contributed by atoms with van der Waals surface area (Å²) in [6, 6.07) is 21.6. The van der Waals surface area contributed by atoms with Crippen LogP contribution in [0.15, 0.2) is 66.7 Å². The Bertz CT molecular complexity index is 1210. The first-order valence-corrected chi connectivity index (χ1v) is 10.1. The number of halogens is 2. The highest BCUT2D eigenvalue weighted by atomic mass is 35.5. The molecule has 4 aromatic rings. The molecule has 1 heterocycles. The summed E-state index contributed by atoms with van der Waals surface area (Å²) in [5.74, 6) is 0.835. The molecule has 0 aliphatic rings. The lowest BCUT2D eigenvalue weighted by molar-refractivity contribution is 0.296. The maximum absolute atomic E-state index is 8.74. The number of fused-ring (bicyclic) bond motifs is 1. The quantitative estimate of drug-likeness (QED) is 0.425. The Kier molecular flexibility index (Phi) is 5.65. The Morgan fingerprint density at radius 1 is 0.862 bits per heavy atom. The SMILES string of the molecule is Cc1ccc(OCCn2c(=N)n(Cc3ccc(Cl)c(Cl)c3)c3ccccc32)cc1. The van der Waals surface area contributed by atoms with E-state index in [0.717, 1.165) is 22.3 Å². The van der Waals surface area contributed by atoms with E-state index >= 15 is 0 Å². The molecule has 4 nitrogen and oxygen atoms in total. The van der Waals surface area contributed by atoms with E-state index in [1.165, 1.54) is 5.56 Å². The average Bonchev–Trinajstić information content (AvgIpc) is 2.98. The highest BCUT2D eigenvalue weighted by Crippen LogP contribution is 2.23. The van der Waals surface area contributed by atoms with Crippen LogP contribution >= 0.6 is 23.2 Å². The summed E-state index contributed by atoms with van der Waals surface area (Å²) in [6.07, 6.45) is 0. The number of rotatable bonds is 6. The molecule has 4 rings (SSSR count). The zero-order chi connectivity index (χ0) is 20.4. The van der Waals surface area contributed by atoms with E-state index in [9.17, 15) is 0 Å². The highest BCUT2D eigenvalue weighted by molar-refractivity contribution is 6.42. The normalized spacial score (nSPS) is 11.1. The number of aryl methyl sites for hydroxylation is 1. The van der Waals surface area contributed by atoms with Gasteiger partial charge < -0.3 is 13.9 Å². The molecule has 0 aliphatic heterocycles. The molecule has 6 heteroatoms. The monoisotopic (exact) mass is 425 g/mol. The van der Waals surface area contributed by atoms with Crippen molar-refractivity contribution in [2.24, 2.45) is 0 Å². The lowest BCUT2D eigenvalue weighted by atomic mass is 10.2. The second-order valence-corrected chi connectivity index (χ2v) is 7.77. The van der Waals surface area contributed by atoms with Crippen molar-refractivity contribution in [3.63, 3.8) is 0 Å². The second-order valence-electron chi connectivity index (χ2n) is 6.96. The van der Waals surface area contributed by atoms with Gasteiger partial charge in [-0.3, -0.25) is 5.41 Å². The van der Waals surface area contributed by atoms with E-state index < -0.39 is 0 Å². The number of hydrogen-bond donors (Lipinski definition) is 1. The van der Waals surface area contributed by atoms with E-state index in [1.54, 1.807) is 6.07 Å². The van der Waals surface area contributed by atoms with Crippen LogP contribution in [0.3, 0.4) is 0 Å². The maximum atomic E-state index is 8.74. The summed E-state index contributed by atoms with van der Waals surface area (Å²) in [4.78, 5) is 0.